The molecule has 0 radical (unpaired) electrons. The third-order valence-corrected chi connectivity index (χ3v) is 12.5. The molecular formula is C22H35NSi. The second-order valence-electron chi connectivity index (χ2n) is 8.18. The fraction of sp³-hybridized carbons (Fsp3) is 0.591. The number of allylic oxidation sites excluding steroid dienone is 3. The second kappa shape index (κ2) is 8.23. The first kappa shape index (κ1) is 19.1. The highest BCUT2D eigenvalue weighted by molar-refractivity contribution is 6.82. The van der Waals surface area contributed by atoms with Crippen LogP contribution in [-0.4, -0.2) is 12.5 Å². The first-order chi connectivity index (χ1) is 11.4. The lowest BCUT2D eigenvalue weighted by Gasteiger charge is -2.44. The predicted octanol–water partition coefficient (Wildman–Crippen LogP) is 6.88. The minimum absolute atomic E-state index is 0.755. The van der Waals surface area contributed by atoms with Crippen LogP contribution in [0.3, 0.4) is 0 Å². The Kier molecular flexibility index (Phi) is 6.54. The number of unbranched alkanes of at least 4 members (excludes halogenated alkanes) is 1. The van der Waals surface area contributed by atoms with E-state index in [1.54, 1.807) is 0 Å². The van der Waals surface area contributed by atoms with Crippen molar-refractivity contribution in [1.29, 1.82) is 0 Å². The summed E-state index contributed by atoms with van der Waals surface area (Å²) in [4.78, 5) is 0. The number of nitrogens with zero attached hydrogens (tertiary/aromatic N) is 1. The highest BCUT2D eigenvalue weighted by Gasteiger charge is 2.44. The van der Waals surface area contributed by atoms with Crippen LogP contribution >= 0.6 is 0 Å². The van der Waals surface area contributed by atoms with Gasteiger partial charge in [-0.2, -0.15) is 0 Å². The highest BCUT2D eigenvalue weighted by atomic mass is 28.3. The summed E-state index contributed by atoms with van der Waals surface area (Å²) in [7, 11) is -1.56. The summed E-state index contributed by atoms with van der Waals surface area (Å²) < 4.78 is 2.66. The fourth-order valence-corrected chi connectivity index (χ4v) is 11.4. The summed E-state index contributed by atoms with van der Waals surface area (Å²) in [6.07, 6.45) is 16.0. The van der Waals surface area contributed by atoms with Crippen LogP contribution in [0.4, 0.5) is 0 Å². The van der Waals surface area contributed by atoms with E-state index in [4.69, 9.17) is 0 Å². The molecule has 0 saturated heterocycles. The van der Waals surface area contributed by atoms with Gasteiger partial charge in [0.25, 0.3) is 0 Å². The fourth-order valence-electron chi connectivity index (χ4n) is 4.89. The molecule has 0 fully saturated rings. The van der Waals surface area contributed by atoms with Crippen LogP contribution in [0.1, 0.15) is 66.4 Å². The summed E-state index contributed by atoms with van der Waals surface area (Å²) in [6, 6.07) is 2.36. The molecule has 1 nitrogen and oxygen atoms in total. The van der Waals surface area contributed by atoms with Gasteiger partial charge < -0.3 is 4.23 Å². The summed E-state index contributed by atoms with van der Waals surface area (Å²) in [6.45, 7) is 14.6. The molecule has 0 aromatic carbocycles. The number of aromatic nitrogens is 1. The zero-order valence-corrected chi connectivity index (χ0v) is 17.5. The van der Waals surface area contributed by atoms with Gasteiger partial charge in [-0.15, -0.1) is 5.73 Å². The number of hydrogen-bond donors (Lipinski definition) is 0. The van der Waals surface area contributed by atoms with E-state index in [9.17, 15) is 0 Å². The molecule has 0 N–H and O–H groups in total. The van der Waals surface area contributed by atoms with Crippen LogP contribution in [0.2, 0.25) is 16.6 Å². The Balaban J connectivity index is 2.02. The van der Waals surface area contributed by atoms with Crippen molar-refractivity contribution in [3.8, 4) is 0 Å². The Bertz CT molecular complexity index is 602. The Morgan fingerprint density at radius 3 is 2.12 bits per heavy atom. The maximum atomic E-state index is 3.30. The van der Waals surface area contributed by atoms with Crippen molar-refractivity contribution in [2.45, 2.75) is 83.8 Å². The first-order valence-electron chi connectivity index (χ1n) is 9.68. The molecule has 2 heteroatoms. The standard InChI is InChI=1S/C22H35NSi/c1-18(2)24(19(3)4,20(5)6)23-16-15-22(17-23)14-10-9-13-21-11-7-8-12-21/h7-8,11,15-20H,9-10,13-14H2,1-6H3. The van der Waals surface area contributed by atoms with Gasteiger partial charge in [-0.25, -0.2) is 0 Å². The first-order valence-corrected chi connectivity index (χ1v) is 11.9. The summed E-state index contributed by atoms with van der Waals surface area (Å²) in [5, 5.41) is 0. The van der Waals surface area contributed by atoms with Crippen LogP contribution in [0.15, 0.2) is 48.0 Å². The molecule has 1 aromatic heterocycles. The van der Waals surface area contributed by atoms with Gasteiger partial charge in [0.1, 0.15) is 0 Å². The second-order valence-corrected chi connectivity index (χ2v) is 13.9. The van der Waals surface area contributed by atoms with Gasteiger partial charge in [-0.3, -0.25) is 0 Å². The Labute approximate surface area is 150 Å². The maximum Gasteiger partial charge on any atom is 0.168 e. The van der Waals surface area contributed by atoms with Crippen LogP contribution in [0.25, 0.3) is 0 Å². The minimum Gasteiger partial charge on any atom is -0.379 e. The van der Waals surface area contributed by atoms with Crippen molar-refractivity contribution in [3.05, 3.63) is 53.6 Å². The highest BCUT2D eigenvalue weighted by Crippen LogP contribution is 2.42. The number of rotatable bonds is 9. The molecule has 1 aliphatic carbocycles. The van der Waals surface area contributed by atoms with Gasteiger partial charge in [0.05, 0.1) is 0 Å². The molecule has 0 unspecified atom stereocenters. The van der Waals surface area contributed by atoms with Gasteiger partial charge in [0, 0.05) is 0 Å². The van der Waals surface area contributed by atoms with Crippen molar-refractivity contribution in [2.24, 2.45) is 0 Å². The van der Waals surface area contributed by atoms with Gasteiger partial charge in [0.15, 0.2) is 8.24 Å². The molecule has 0 spiro atoms. The Morgan fingerprint density at radius 1 is 0.958 bits per heavy atom. The van der Waals surface area contributed by atoms with Gasteiger partial charge in [-0.05, 0) is 78.0 Å². The van der Waals surface area contributed by atoms with Crippen molar-refractivity contribution in [3.63, 3.8) is 0 Å². The Hall–Kier alpha value is -1.24. The molecule has 132 valence electrons. The normalized spacial score (nSPS) is 14.5. The van der Waals surface area contributed by atoms with E-state index in [1.807, 2.05) is 6.08 Å². The van der Waals surface area contributed by atoms with E-state index >= 15 is 0 Å². The molecule has 1 aromatic rings. The third-order valence-electron chi connectivity index (χ3n) is 5.80. The van der Waals surface area contributed by atoms with E-state index in [0.29, 0.717) is 0 Å². The molecule has 24 heavy (non-hydrogen) atoms. The van der Waals surface area contributed by atoms with E-state index in [1.165, 1.54) is 30.4 Å². The van der Waals surface area contributed by atoms with E-state index < -0.39 is 8.24 Å². The number of aryl methyl sites for hydroxylation is 1. The average molecular weight is 342 g/mol. The smallest absolute Gasteiger partial charge is 0.168 e. The molecule has 0 aliphatic heterocycles. The average Bonchev–Trinajstić information content (AvgIpc) is 3.15. The van der Waals surface area contributed by atoms with Gasteiger partial charge in [0.2, 0.25) is 0 Å². The summed E-state index contributed by atoms with van der Waals surface area (Å²) in [5.41, 5.74) is 8.44. The lowest BCUT2D eigenvalue weighted by Crippen LogP contribution is -2.51. The largest absolute Gasteiger partial charge is 0.379 e. The molecule has 2 rings (SSSR count). The van der Waals surface area contributed by atoms with Gasteiger partial charge >= 0.3 is 0 Å². The lowest BCUT2D eigenvalue weighted by molar-refractivity contribution is 0.734. The van der Waals surface area contributed by atoms with Gasteiger partial charge in [-0.1, -0.05) is 53.7 Å². The van der Waals surface area contributed by atoms with Crippen molar-refractivity contribution in [1.82, 2.24) is 4.23 Å². The van der Waals surface area contributed by atoms with E-state index in [-0.39, 0.29) is 0 Å². The SMILES string of the molecule is CC(C)[Si](C(C)C)(C(C)C)n1ccc(CCCCC2=C=CC=C2)c1. The molecule has 0 bridgehead atoms. The Morgan fingerprint density at radius 2 is 1.58 bits per heavy atom. The third kappa shape index (κ3) is 3.87. The molecule has 0 amide bonds. The van der Waals surface area contributed by atoms with Crippen molar-refractivity contribution >= 4 is 8.24 Å². The zero-order chi connectivity index (χ0) is 17.7. The van der Waals surface area contributed by atoms with Crippen LogP contribution < -0.4 is 0 Å². The van der Waals surface area contributed by atoms with Crippen molar-refractivity contribution in [2.75, 3.05) is 0 Å². The lowest BCUT2D eigenvalue weighted by atomic mass is 10.1. The van der Waals surface area contributed by atoms with Crippen LogP contribution in [-0.2, 0) is 6.42 Å². The molecule has 1 aliphatic rings. The zero-order valence-electron chi connectivity index (χ0n) is 16.5. The molecule has 0 saturated carbocycles. The van der Waals surface area contributed by atoms with E-state index in [2.05, 4.69) is 82.1 Å². The minimum atomic E-state index is -1.56. The topological polar surface area (TPSA) is 4.93 Å². The molecular weight excluding hydrogens is 306 g/mol. The van der Waals surface area contributed by atoms with Crippen LogP contribution in [0, 0.1) is 0 Å². The maximum absolute atomic E-state index is 3.30. The van der Waals surface area contributed by atoms with Crippen molar-refractivity contribution < 1.29 is 0 Å². The number of hydrogen-bond acceptors (Lipinski definition) is 0. The van der Waals surface area contributed by atoms with Crippen LogP contribution in [0.5, 0.6) is 0 Å². The quantitative estimate of drug-likeness (QED) is 0.262. The van der Waals surface area contributed by atoms with E-state index in [0.717, 1.165) is 23.0 Å². The summed E-state index contributed by atoms with van der Waals surface area (Å²) >= 11 is 0. The molecule has 1 heterocycles. The predicted molar refractivity (Wildman–Crippen MR) is 109 cm³/mol. The molecule has 0 atom stereocenters. The summed E-state index contributed by atoms with van der Waals surface area (Å²) in [5.74, 6) is 0. The monoisotopic (exact) mass is 341 g/mol.